The van der Waals surface area contributed by atoms with Gasteiger partial charge in [0, 0.05) is 6.54 Å². The van der Waals surface area contributed by atoms with Gasteiger partial charge in [0.15, 0.2) is 0 Å². The number of allylic oxidation sites excluding steroid dienone is 1. The van der Waals surface area contributed by atoms with Gasteiger partial charge in [-0.15, -0.1) is 5.10 Å². The minimum absolute atomic E-state index is 0.0563. The van der Waals surface area contributed by atoms with Gasteiger partial charge in [-0.2, -0.15) is 10.3 Å². The largest absolute Gasteiger partial charge is 0.261 e. The Morgan fingerprint density at radius 1 is 1.50 bits per heavy atom. The van der Waals surface area contributed by atoms with Crippen LogP contribution in [0, 0.1) is 17.3 Å². The lowest BCUT2D eigenvalue weighted by atomic mass is 9.48. The molecule has 1 aromatic heterocycles. The third kappa shape index (κ3) is 2.18. The van der Waals surface area contributed by atoms with Gasteiger partial charge in [-0.05, 0) is 36.5 Å². The fraction of sp³-hybridized carbons (Fsp3) is 0.692. The summed E-state index contributed by atoms with van der Waals surface area (Å²) in [6.07, 6.45) is 6.68. The highest BCUT2D eigenvalue weighted by Crippen LogP contribution is 2.59. The van der Waals surface area contributed by atoms with E-state index in [4.69, 9.17) is 0 Å². The van der Waals surface area contributed by atoms with E-state index in [9.17, 15) is 8.42 Å². The number of H-pyrrole nitrogens is 1. The minimum atomic E-state index is -3.53. The van der Waals surface area contributed by atoms with E-state index in [1.807, 2.05) is 0 Å². The molecule has 0 unspecified atom stereocenters. The Kier molecular flexibility index (Phi) is 3.21. The molecule has 0 spiro atoms. The topological polar surface area (TPSA) is 87.7 Å². The first kappa shape index (κ1) is 13.8. The van der Waals surface area contributed by atoms with E-state index in [0.717, 1.165) is 18.8 Å². The zero-order valence-corrected chi connectivity index (χ0v) is 12.6. The molecule has 0 amide bonds. The van der Waals surface area contributed by atoms with Gasteiger partial charge >= 0.3 is 0 Å². The Labute approximate surface area is 119 Å². The first-order valence-electron chi connectivity index (χ1n) is 6.95. The lowest BCUT2D eigenvalue weighted by molar-refractivity contribution is -0.00804. The Bertz CT molecular complexity index is 619. The second-order valence-electron chi connectivity index (χ2n) is 6.28. The molecule has 1 fully saturated rings. The van der Waals surface area contributed by atoms with Crippen LogP contribution in [0.4, 0.5) is 0 Å². The van der Waals surface area contributed by atoms with E-state index in [1.54, 1.807) is 0 Å². The van der Waals surface area contributed by atoms with Crippen molar-refractivity contribution in [2.45, 2.75) is 38.1 Å². The van der Waals surface area contributed by atoms with Crippen LogP contribution in [0.1, 0.15) is 33.1 Å². The summed E-state index contributed by atoms with van der Waals surface area (Å²) < 4.78 is 26.4. The summed E-state index contributed by atoms with van der Waals surface area (Å²) >= 11 is 0. The normalized spacial score (nSPS) is 27.8. The first-order valence-corrected chi connectivity index (χ1v) is 8.44. The fourth-order valence-corrected chi connectivity index (χ4v) is 4.35. The van der Waals surface area contributed by atoms with E-state index in [-0.39, 0.29) is 5.03 Å². The molecule has 1 heterocycles. The molecule has 0 saturated heterocycles. The van der Waals surface area contributed by atoms with Crippen molar-refractivity contribution in [3.63, 3.8) is 0 Å². The standard InChI is InChI=1S/C13H20N4O2S/c1-13(2)10-4-3-9(11(13)7-10)5-6-15-20(18,19)12-8-14-17-16-12/h3,8,10-11,15H,4-7H2,1-2H3,(H,14,16,17)/t10-,11-/m0/s1. The van der Waals surface area contributed by atoms with Crippen molar-refractivity contribution in [2.24, 2.45) is 17.3 Å². The summed E-state index contributed by atoms with van der Waals surface area (Å²) in [5, 5.41) is 9.37. The third-order valence-corrected chi connectivity index (χ3v) is 6.29. The molecule has 0 radical (unpaired) electrons. The van der Waals surface area contributed by atoms with Crippen LogP contribution in [0.5, 0.6) is 0 Å². The summed E-state index contributed by atoms with van der Waals surface area (Å²) in [4.78, 5) is 0. The lowest BCUT2D eigenvalue weighted by Crippen LogP contribution is -2.48. The van der Waals surface area contributed by atoms with Crippen LogP contribution >= 0.6 is 0 Å². The Morgan fingerprint density at radius 2 is 2.30 bits per heavy atom. The van der Waals surface area contributed by atoms with Crippen molar-refractivity contribution in [3.8, 4) is 0 Å². The molecule has 6 nitrogen and oxygen atoms in total. The van der Waals surface area contributed by atoms with Crippen molar-refractivity contribution in [1.29, 1.82) is 0 Å². The van der Waals surface area contributed by atoms with Gasteiger partial charge in [-0.1, -0.05) is 25.5 Å². The summed E-state index contributed by atoms with van der Waals surface area (Å²) in [6.45, 7) is 5.05. The summed E-state index contributed by atoms with van der Waals surface area (Å²) in [5.74, 6) is 1.43. The average molecular weight is 296 g/mol. The third-order valence-electron chi connectivity index (χ3n) is 4.96. The highest BCUT2D eigenvalue weighted by Gasteiger charge is 2.50. The number of hydrogen-bond donors (Lipinski definition) is 2. The van der Waals surface area contributed by atoms with E-state index in [2.05, 4.69) is 40.1 Å². The highest BCUT2D eigenvalue weighted by molar-refractivity contribution is 7.89. The molecule has 1 aromatic rings. The van der Waals surface area contributed by atoms with Gasteiger partial charge in [0.1, 0.15) is 0 Å². The monoisotopic (exact) mass is 296 g/mol. The van der Waals surface area contributed by atoms with E-state index >= 15 is 0 Å². The number of hydrogen-bond acceptors (Lipinski definition) is 4. The number of sulfonamides is 1. The molecule has 3 aliphatic rings. The van der Waals surface area contributed by atoms with Crippen LogP contribution < -0.4 is 4.72 Å². The van der Waals surface area contributed by atoms with Crippen LogP contribution in [0.2, 0.25) is 0 Å². The molecular formula is C13H20N4O2S. The van der Waals surface area contributed by atoms with Crippen LogP contribution in [-0.4, -0.2) is 30.4 Å². The number of nitrogens with one attached hydrogen (secondary N) is 2. The molecule has 20 heavy (non-hydrogen) atoms. The summed E-state index contributed by atoms with van der Waals surface area (Å²) in [5.41, 5.74) is 1.79. The van der Waals surface area contributed by atoms with Gasteiger partial charge in [-0.25, -0.2) is 13.1 Å². The average Bonchev–Trinajstić information content (AvgIpc) is 2.93. The van der Waals surface area contributed by atoms with Crippen molar-refractivity contribution >= 4 is 10.0 Å². The van der Waals surface area contributed by atoms with Gasteiger partial charge in [0.2, 0.25) is 5.03 Å². The van der Waals surface area contributed by atoms with Gasteiger partial charge in [0.25, 0.3) is 10.0 Å². The van der Waals surface area contributed by atoms with E-state index in [0.29, 0.717) is 17.9 Å². The fourth-order valence-electron chi connectivity index (χ4n) is 3.48. The highest BCUT2D eigenvalue weighted by atomic mass is 32.2. The molecule has 2 bridgehead atoms. The van der Waals surface area contributed by atoms with E-state index < -0.39 is 10.0 Å². The van der Waals surface area contributed by atoms with Crippen molar-refractivity contribution in [2.75, 3.05) is 6.54 Å². The molecule has 110 valence electrons. The van der Waals surface area contributed by atoms with E-state index in [1.165, 1.54) is 18.2 Å². The molecule has 0 aromatic carbocycles. The van der Waals surface area contributed by atoms with Crippen LogP contribution in [0.3, 0.4) is 0 Å². The molecule has 2 N–H and O–H groups in total. The van der Waals surface area contributed by atoms with Gasteiger partial charge < -0.3 is 0 Å². The molecule has 4 rings (SSSR count). The number of rotatable bonds is 5. The zero-order valence-electron chi connectivity index (χ0n) is 11.8. The first-order chi connectivity index (χ1) is 9.41. The predicted molar refractivity (Wildman–Crippen MR) is 74.3 cm³/mol. The molecule has 2 atom stereocenters. The number of fused-ring (bicyclic) bond motifs is 1. The molecule has 0 aliphatic heterocycles. The van der Waals surface area contributed by atoms with Crippen LogP contribution in [0.25, 0.3) is 0 Å². The maximum absolute atomic E-state index is 11.9. The van der Waals surface area contributed by atoms with Crippen LogP contribution in [0.15, 0.2) is 22.9 Å². The summed E-state index contributed by atoms with van der Waals surface area (Å²) in [6, 6.07) is 0. The van der Waals surface area contributed by atoms with Gasteiger partial charge in [-0.3, -0.25) is 0 Å². The Balaban J connectivity index is 1.58. The molecular weight excluding hydrogens is 276 g/mol. The maximum atomic E-state index is 11.9. The smallest absolute Gasteiger partial charge is 0.209 e. The maximum Gasteiger partial charge on any atom is 0.261 e. The second-order valence-corrected chi connectivity index (χ2v) is 7.99. The lowest BCUT2D eigenvalue weighted by Gasteiger charge is -2.56. The molecule has 1 saturated carbocycles. The van der Waals surface area contributed by atoms with Crippen molar-refractivity contribution < 1.29 is 8.42 Å². The van der Waals surface area contributed by atoms with Crippen molar-refractivity contribution in [1.82, 2.24) is 20.1 Å². The summed E-state index contributed by atoms with van der Waals surface area (Å²) in [7, 11) is -3.53. The second kappa shape index (κ2) is 4.66. The molecule has 3 aliphatic carbocycles. The predicted octanol–water partition coefficient (Wildman–Crippen LogP) is 1.47. The number of nitrogens with zero attached hydrogens (tertiary/aromatic N) is 2. The number of aromatic nitrogens is 3. The van der Waals surface area contributed by atoms with Crippen molar-refractivity contribution in [3.05, 3.63) is 17.8 Å². The Morgan fingerprint density at radius 3 is 2.90 bits per heavy atom. The van der Waals surface area contributed by atoms with Crippen LogP contribution in [-0.2, 0) is 10.0 Å². The Hall–Kier alpha value is -1.21. The SMILES string of the molecule is CC1(C)[C@H]2CC=C(CCNS(=O)(=O)c3cn[nH]n3)[C@@H]1C2. The number of aromatic amines is 1. The minimum Gasteiger partial charge on any atom is -0.209 e. The van der Waals surface area contributed by atoms with Gasteiger partial charge in [0.05, 0.1) is 6.20 Å². The quantitative estimate of drug-likeness (QED) is 0.805. The molecule has 7 heteroatoms. The zero-order chi connectivity index (χ0) is 14.4.